The maximum absolute atomic E-state index is 6.37. The van der Waals surface area contributed by atoms with E-state index in [0.717, 1.165) is 5.46 Å². The topological polar surface area (TPSA) is 18.5 Å². The second-order valence-corrected chi connectivity index (χ2v) is 11.5. The Bertz CT molecular complexity index is 1470. The number of fused-ring (bicyclic) bond motifs is 1. The third-order valence-electron chi connectivity index (χ3n) is 8.87. The van der Waals surface area contributed by atoms with Gasteiger partial charge in [-0.1, -0.05) is 59.5 Å². The van der Waals surface area contributed by atoms with Gasteiger partial charge in [0.2, 0.25) is 0 Å². The highest BCUT2D eigenvalue weighted by molar-refractivity contribution is 6.68. The van der Waals surface area contributed by atoms with Gasteiger partial charge in [0.05, 0.1) is 11.2 Å². The zero-order chi connectivity index (χ0) is 26.0. The van der Waals surface area contributed by atoms with Gasteiger partial charge in [-0.05, 0) is 78.3 Å². The van der Waals surface area contributed by atoms with Crippen molar-refractivity contribution in [3.05, 3.63) is 60.7 Å². The first-order valence-electron chi connectivity index (χ1n) is 13.0. The molecule has 0 atom stereocenters. The average Bonchev–Trinajstić information content (AvgIpc) is 3.08. The van der Waals surface area contributed by atoms with Crippen molar-refractivity contribution in [1.82, 2.24) is 0 Å². The van der Waals surface area contributed by atoms with Gasteiger partial charge in [0.1, 0.15) is 39.2 Å². The number of hydrogen-bond acceptors (Lipinski definition) is 2. The highest BCUT2D eigenvalue weighted by Gasteiger charge is 2.51. The fourth-order valence-electron chi connectivity index (χ4n) is 5.46. The minimum absolute atomic E-state index is 0.365. The number of benzene rings is 4. The predicted molar refractivity (Wildman–Crippen MR) is 171 cm³/mol. The predicted octanol–water partition coefficient (Wildman–Crippen LogP) is -2.23. The molecule has 4 aromatic carbocycles. The van der Waals surface area contributed by atoms with Crippen LogP contribution in [0.25, 0.3) is 33.0 Å². The molecule has 5 rings (SSSR count). The van der Waals surface area contributed by atoms with Crippen LogP contribution in [0.15, 0.2) is 60.7 Å². The molecule has 0 unspecified atom stereocenters. The van der Waals surface area contributed by atoms with E-state index in [2.05, 4.69) is 128 Å². The normalized spacial score (nSPS) is 16.5. The lowest BCUT2D eigenvalue weighted by Gasteiger charge is -2.32. The molecule has 0 N–H and O–H groups in total. The Labute approximate surface area is 220 Å². The maximum Gasteiger partial charge on any atom is 0.494 e. The summed E-state index contributed by atoms with van der Waals surface area (Å²) in [6.07, 6.45) is 0. The summed E-state index contributed by atoms with van der Waals surface area (Å²) in [5, 5.41) is 2.50. The van der Waals surface area contributed by atoms with Gasteiger partial charge in [-0.3, -0.25) is 0 Å². The van der Waals surface area contributed by atoms with E-state index >= 15 is 0 Å². The molecule has 1 aliphatic heterocycles. The Morgan fingerprint density at radius 3 is 1.83 bits per heavy atom. The van der Waals surface area contributed by atoms with Crippen LogP contribution in [0.2, 0.25) is 0 Å². The van der Waals surface area contributed by atoms with Crippen molar-refractivity contribution in [2.24, 2.45) is 0 Å². The van der Waals surface area contributed by atoms with Crippen LogP contribution in [-0.2, 0) is 9.31 Å². The van der Waals surface area contributed by atoms with Crippen molar-refractivity contribution in [3.8, 4) is 22.3 Å². The maximum atomic E-state index is 6.37. The fraction of sp³-hybridized carbons (Fsp3) is 0.214. The largest absolute Gasteiger partial charge is 0.494 e. The molecule has 1 saturated heterocycles. The second-order valence-electron chi connectivity index (χ2n) is 11.5. The minimum Gasteiger partial charge on any atom is -0.399 e. The summed E-state index contributed by atoms with van der Waals surface area (Å²) >= 11 is 0. The van der Waals surface area contributed by atoms with E-state index in [1.165, 1.54) is 60.3 Å². The van der Waals surface area contributed by atoms with Crippen LogP contribution < -0.4 is 32.8 Å². The van der Waals surface area contributed by atoms with E-state index in [4.69, 9.17) is 9.31 Å². The van der Waals surface area contributed by atoms with Crippen molar-refractivity contribution in [1.29, 1.82) is 0 Å². The summed E-state index contributed by atoms with van der Waals surface area (Å²) < 4.78 is 12.7. The summed E-state index contributed by atoms with van der Waals surface area (Å²) in [6.45, 7) is 8.40. The molecule has 1 fully saturated rings. The van der Waals surface area contributed by atoms with Crippen molar-refractivity contribution in [2.75, 3.05) is 0 Å². The molecule has 4 aromatic rings. The van der Waals surface area contributed by atoms with Gasteiger partial charge in [0.15, 0.2) is 0 Å². The highest BCUT2D eigenvalue weighted by Crippen LogP contribution is 2.37. The van der Waals surface area contributed by atoms with Crippen LogP contribution in [0.1, 0.15) is 27.7 Å². The Morgan fingerprint density at radius 1 is 0.611 bits per heavy atom. The summed E-state index contributed by atoms with van der Waals surface area (Å²) in [6, 6.07) is 22.1. The molecule has 2 nitrogen and oxygen atoms in total. The summed E-state index contributed by atoms with van der Waals surface area (Å²) in [5.41, 5.74) is 12.2. The first-order chi connectivity index (χ1) is 16.9. The van der Waals surface area contributed by atoms with E-state index in [1.807, 2.05) is 0 Å². The van der Waals surface area contributed by atoms with Crippen LogP contribution in [0.3, 0.4) is 0 Å². The molecule has 1 heterocycles. The molecule has 0 saturated carbocycles. The zero-order valence-corrected chi connectivity index (χ0v) is 23.2. The molecule has 174 valence electrons. The Hall–Kier alpha value is -2.55. The molecule has 8 heteroatoms. The molecule has 36 heavy (non-hydrogen) atoms. The molecule has 0 amide bonds. The molecule has 0 aromatic heterocycles. The SMILES string of the molecule is Bc1c(B)c(B)c(-c2cc(-c3cccc(B4OC(C)(C)C(C)(C)O4)c3)c3ccccc3c2)c(B)c1B. The molecule has 0 spiro atoms. The van der Waals surface area contributed by atoms with Crippen molar-refractivity contribution < 1.29 is 9.31 Å². The van der Waals surface area contributed by atoms with Gasteiger partial charge < -0.3 is 9.31 Å². The first kappa shape index (κ1) is 25.1. The van der Waals surface area contributed by atoms with Crippen molar-refractivity contribution >= 4 is 89.9 Å². The first-order valence-corrected chi connectivity index (χ1v) is 13.0. The van der Waals surface area contributed by atoms with Gasteiger partial charge >= 0.3 is 7.12 Å². The van der Waals surface area contributed by atoms with Gasteiger partial charge in [0, 0.05) is 0 Å². The van der Waals surface area contributed by atoms with Crippen molar-refractivity contribution in [3.63, 3.8) is 0 Å². The van der Waals surface area contributed by atoms with E-state index in [-0.39, 0.29) is 18.3 Å². The van der Waals surface area contributed by atoms with Crippen LogP contribution in [-0.4, -0.2) is 57.6 Å². The third kappa shape index (κ3) is 3.99. The molecule has 0 aliphatic carbocycles. The van der Waals surface area contributed by atoms with Crippen LogP contribution in [0.4, 0.5) is 0 Å². The quantitative estimate of drug-likeness (QED) is 0.319. The zero-order valence-electron chi connectivity index (χ0n) is 23.2. The molecular formula is C28H32B6O2. The monoisotopic (exact) mass is 466 g/mol. The smallest absolute Gasteiger partial charge is 0.399 e. The number of hydrogen-bond donors (Lipinski definition) is 0. The van der Waals surface area contributed by atoms with Gasteiger partial charge in [-0.25, -0.2) is 0 Å². The summed E-state index contributed by atoms with van der Waals surface area (Å²) in [5.74, 6) is 0. The minimum atomic E-state index is -0.378. The standard InChI is InChI=1S/C28H32B6O2/c1-27(2)28(3,4)36-34(35-27)18-10-7-9-16(13-18)20-14-17(12-15-8-5-6-11-19(15)20)21-22(29)24(31)26(33)25(32)23(21)30/h5-14H,29-33H2,1-4H3. The van der Waals surface area contributed by atoms with E-state index in [0.29, 0.717) is 0 Å². The van der Waals surface area contributed by atoms with Crippen LogP contribution >= 0.6 is 0 Å². The van der Waals surface area contributed by atoms with E-state index in [1.54, 1.807) is 0 Å². The third-order valence-corrected chi connectivity index (χ3v) is 8.87. The van der Waals surface area contributed by atoms with E-state index in [9.17, 15) is 0 Å². The van der Waals surface area contributed by atoms with Crippen LogP contribution in [0.5, 0.6) is 0 Å². The Morgan fingerprint density at radius 2 is 1.19 bits per heavy atom. The lowest BCUT2D eigenvalue weighted by atomic mass is 9.59. The molecule has 0 bridgehead atoms. The van der Waals surface area contributed by atoms with Gasteiger partial charge in [0.25, 0.3) is 0 Å². The van der Waals surface area contributed by atoms with Gasteiger partial charge in [-0.15, -0.1) is 16.4 Å². The van der Waals surface area contributed by atoms with Gasteiger partial charge in [-0.2, -0.15) is 0 Å². The molecule has 1 aliphatic rings. The number of rotatable bonds is 3. The highest BCUT2D eigenvalue weighted by atomic mass is 16.7. The molecular weight excluding hydrogens is 433 g/mol. The Balaban J connectivity index is 1.70. The summed E-state index contributed by atoms with van der Waals surface area (Å²) in [4.78, 5) is 0. The second kappa shape index (κ2) is 8.78. The average molecular weight is 465 g/mol. The van der Waals surface area contributed by atoms with Crippen LogP contribution in [0, 0.1) is 0 Å². The lowest BCUT2D eigenvalue weighted by molar-refractivity contribution is 0.00578. The Kier molecular flexibility index (Phi) is 6.13. The fourth-order valence-corrected chi connectivity index (χ4v) is 5.46. The summed E-state index contributed by atoms with van der Waals surface area (Å²) in [7, 11) is 10.9. The van der Waals surface area contributed by atoms with Crippen molar-refractivity contribution in [2.45, 2.75) is 38.9 Å². The van der Waals surface area contributed by atoms with E-state index < -0.39 is 0 Å². The molecule has 0 radical (unpaired) electrons. The lowest BCUT2D eigenvalue weighted by Crippen LogP contribution is -2.55.